The summed E-state index contributed by atoms with van der Waals surface area (Å²) in [6.07, 6.45) is 1.33. The minimum Gasteiger partial charge on any atom is -0.324 e. The van der Waals surface area contributed by atoms with Crippen molar-refractivity contribution in [1.29, 1.82) is 0 Å². The van der Waals surface area contributed by atoms with Crippen LogP contribution in [0.4, 0.5) is 16.2 Å². The van der Waals surface area contributed by atoms with Gasteiger partial charge in [0.25, 0.3) is 0 Å². The summed E-state index contributed by atoms with van der Waals surface area (Å²) in [5, 5.41) is 2.98. The number of para-hydroxylation sites is 1. The molecule has 5 nitrogen and oxygen atoms in total. The molecule has 1 N–H and O–H groups in total. The van der Waals surface area contributed by atoms with Gasteiger partial charge in [-0.2, -0.15) is 0 Å². The second-order valence-electron chi connectivity index (χ2n) is 8.76. The van der Waals surface area contributed by atoms with E-state index < -0.39 is 5.41 Å². The van der Waals surface area contributed by atoms with Crippen LogP contribution >= 0.6 is 0 Å². The van der Waals surface area contributed by atoms with Gasteiger partial charge in [-0.25, -0.2) is 4.79 Å². The Bertz CT molecular complexity index is 1100. The maximum Gasteiger partial charge on any atom is 0.321 e. The van der Waals surface area contributed by atoms with Gasteiger partial charge in [-0.15, -0.1) is 0 Å². The Morgan fingerprint density at radius 1 is 0.875 bits per heavy atom. The van der Waals surface area contributed by atoms with Crippen LogP contribution in [0, 0.1) is 12.3 Å². The van der Waals surface area contributed by atoms with E-state index in [-0.39, 0.29) is 18.0 Å². The van der Waals surface area contributed by atoms with Crippen molar-refractivity contribution < 1.29 is 9.59 Å². The summed E-state index contributed by atoms with van der Waals surface area (Å²) in [6.45, 7) is 3.15. The first-order chi connectivity index (χ1) is 15.6. The van der Waals surface area contributed by atoms with E-state index >= 15 is 0 Å². The molecular formula is C27H27N3O2. The Balaban J connectivity index is 1.35. The van der Waals surface area contributed by atoms with Gasteiger partial charge in [0.2, 0.25) is 5.91 Å². The number of urea groups is 1. The Morgan fingerprint density at radius 2 is 1.47 bits per heavy atom. The largest absolute Gasteiger partial charge is 0.324 e. The smallest absolute Gasteiger partial charge is 0.321 e. The molecule has 2 saturated heterocycles. The van der Waals surface area contributed by atoms with E-state index in [0.717, 1.165) is 22.5 Å². The summed E-state index contributed by atoms with van der Waals surface area (Å²) in [5.74, 6) is 0.163. The Kier molecular flexibility index (Phi) is 5.17. The maximum absolute atomic E-state index is 13.5. The highest BCUT2D eigenvalue weighted by Crippen LogP contribution is 2.57. The molecule has 2 aliphatic heterocycles. The van der Waals surface area contributed by atoms with E-state index in [9.17, 15) is 9.59 Å². The molecule has 1 spiro atoms. The van der Waals surface area contributed by atoms with Crippen LogP contribution in [0.5, 0.6) is 0 Å². The third-order valence-corrected chi connectivity index (χ3v) is 6.82. The molecular weight excluding hydrogens is 398 g/mol. The summed E-state index contributed by atoms with van der Waals surface area (Å²) >= 11 is 0. The van der Waals surface area contributed by atoms with Crippen LogP contribution in [0.1, 0.15) is 30.0 Å². The lowest BCUT2D eigenvalue weighted by atomic mass is 9.62. The summed E-state index contributed by atoms with van der Waals surface area (Å²) in [7, 11) is 0. The van der Waals surface area contributed by atoms with Gasteiger partial charge in [0, 0.05) is 24.5 Å². The first kappa shape index (κ1) is 20.3. The van der Waals surface area contributed by atoms with E-state index in [1.165, 1.54) is 0 Å². The zero-order valence-electron chi connectivity index (χ0n) is 18.2. The quantitative estimate of drug-likeness (QED) is 0.572. The van der Waals surface area contributed by atoms with Gasteiger partial charge in [-0.3, -0.25) is 4.79 Å². The van der Waals surface area contributed by atoms with Crippen molar-refractivity contribution in [3.05, 3.63) is 96.1 Å². The SMILES string of the molecule is Cc1ccc(NC(=O)N2CCC3(CC2)C(=O)N(c2ccccc2)C3c2ccccc2)cc1. The number of carbonyl (C=O) groups excluding carboxylic acids is 2. The van der Waals surface area contributed by atoms with E-state index in [4.69, 9.17) is 0 Å². The Labute approximate surface area is 188 Å². The Morgan fingerprint density at radius 3 is 2.09 bits per heavy atom. The number of hydrogen-bond acceptors (Lipinski definition) is 2. The van der Waals surface area contributed by atoms with Crippen LogP contribution < -0.4 is 10.2 Å². The molecule has 0 saturated carbocycles. The molecule has 162 valence electrons. The lowest BCUT2D eigenvalue weighted by Gasteiger charge is -2.59. The summed E-state index contributed by atoms with van der Waals surface area (Å²) < 4.78 is 0. The van der Waals surface area contributed by atoms with E-state index in [1.54, 1.807) is 0 Å². The predicted molar refractivity (Wildman–Crippen MR) is 127 cm³/mol. The average Bonchev–Trinajstić information content (AvgIpc) is 2.84. The third-order valence-electron chi connectivity index (χ3n) is 6.82. The zero-order chi connectivity index (χ0) is 22.1. The van der Waals surface area contributed by atoms with E-state index in [2.05, 4.69) is 17.4 Å². The van der Waals surface area contributed by atoms with Gasteiger partial charge in [0.05, 0.1) is 11.5 Å². The van der Waals surface area contributed by atoms with Gasteiger partial charge >= 0.3 is 6.03 Å². The van der Waals surface area contributed by atoms with Crippen LogP contribution in [-0.2, 0) is 4.79 Å². The van der Waals surface area contributed by atoms with Gasteiger partial charge in [0.1, 0.15) is 0 Å². The molecule has 1 unspecified atom stereocenters. The number of rotatable bonds is 3. The van der Waals surface area contributed by atoms with Gasteiger partial charge in [-0.1, -0.05) is 66.2 Å². The van der Waals surface area contributed by atoms with Crippen molar-refractivity contribution in [3.8, 4) is 0 Å². The second kappa shape index (κ2) is 8.15. The molecule has 3 amide bonds. The van der Waals surface area contributed by atoms with Crippen LogP contribution in [0.2, 0.25) is 0 Å². The highest BCUT2D eigenvalue weighted by molar-refractivity contribution is 6.06. The van der Waals surface area contributed by atoms with Gasteiger partial charge in [0.15, 0.2) is 0 Å². The number of hydrogen-bond donors (Lipinski definition) is 1. The molecule has 0 aliphatic carbocycles. The molecule has 3 aromatic carbocycles. The molecule has 2 aliphatic rings. The molecule has 2 heterocycles. The van der Waals surface area contributed by atoms with Crippen LogP contribution in [0.15, 0.2) is 84.9 Å². The normalized spacial score (nSPS) is 19.5. The van der Waals surface area contributed by atoms with Crippen LogP contribution in [0.3, 0.4) is 0 Å². The van der Waals surface area contributed by atoms with Gasteiger partial charge < -0.3 is 15.1 Å². The molecule has 2 fully saturated rings. The number of amides is 3. The number of benzene rings is 3. The zero-order valence-corrected chi connectivity index (χ0v) is 18.2. The highest BCUT2D eigenvalue weighted by atomic mass is 16.2. The summed E-state index contributed by atoms with van der Waals surface area (Å²) in [5.41, 5.74) is 3.56. The number of aryl methyl sites for hydroxylation is 1. The van der Waals surface area contributed by atoms with Crippen molar-refractivity contribution in [2.45, 2.75) is 25.8 Å². The fraction of sp³-hybridized carbons (Fsp3) is 0.259. The predicted octanol–water partition coefficient (Wildman–Crippen LogP) is 5.40. The summed E-state index contributed by atoms with van der Waals surface area (Å²) in [4.78, 5) is 30.1. The number of likely N-dealkylation sites (tertiary alicyclic amines) is 1. The number of carbonyl (C=O) groups is 2. The molecule has 0 radical (unpaired) electrons. The lowest BCUT2D eigenvalue weighted by molar-refractivity contribution is -0.144. The van der Waals surface area contributed by atoms with E-state index in [0.29, 0.717) is 25.9 Å². The molecule has 3 aromatic rings. The fourth-order valence-electron chi connectivity index (χ4n) is 5.05. The molecule has 1 atom stereocenters. The Hall–Kier alpha value is -3.60. The minimum atomic E-state index is -0.460. The van der Waals surface area contributed by atoms with E-state index in [1.807, 2.05) is 89.5 Å². The standard InChI is InChI=1S/C27H27N3O2/c1-20-12-14-22(15-13-20)28-26(32)29-18-16-27(17-19-29)24(21-8-4-2-5-9-21)30(25(27)31)23-10-6-3-7-11-23/h2-15,24H,16-19H2,1H3,(H,28,32). The third kappa shape index (κ3) is 3.44. The van der Waals surface area contributed by atoms with Crippen LogP contribution in [-0.4, -0.2) is 29.9 Å². The highest BCUT2D eigenvalue weighted by Gasteiger charge is 2.62. The lowest BCUT2D eigenvalue weighted by Crippen LogP contribution is -2.67. The summed E-state index contributed by atoms with van der Waals surface area (Å²) in [6, 6.07) is 27.8. The number of nitrogens with one attached hydrogen (secondary N) is 1. The molecule has 0 bridgehead atoms. The number of anilines is 2. The molecule has 0 aromatic heterocycles. The van der Waals surface area contributed by atoms with Crippen molar-refractivity contribution in [1.82, 2.24) is 4.90 Å². The van der Waals surface area contributed by atoms with Crippen LogP contribution in [0.25, 0.3) is 0 Å². The first-order valence-electron chi connectivity index (χ1n) is 11.1. The maximum atomic E-state index is 13.5. The molecule has 5 rings (SSSR count). The topological polar surface area (TPSA) is 52.7 Å². The van der Waals surface area contributed by atoms with Gasteiger partial charge in [-0.05, 0) is 49.6 Å². The van der Waals surface area contributed by atoms with Crippen molar-refractivity contribution >= 4 is 23.3 Å². The average molecular weight is 426 g/mol. The van der Waals surface area contributed by atoms with Crippen molar-refractivity contribution in [3.63, 3.8) is 0 Å². The number of piperidine rings is 1. The van der Waals surface area contributed by atoms with Crippen molar-refractivity contribution in [2.24, 2.45) is 5.41 Å². The monoisotopic (exact) mass is 425 g/mol. The fourth-order valence-corrected chi connectivity index (χ4v) is 5.05. The number of β-lactam (4-membered cyclic amide) rings is 1. The second-order valence-corrected chi connectivity index (χ2v) is 8.76. The molecule has 5 heteroatoms. The first-order valence-corrected chi connectivity index (χ1v) is 11.1. The number of nitrogens with zero attached hydrogens (tertiary/aromatic N) is 2. The minimum absolute atomic E-state index is 0.0130. The van der Waals surface area contributed by atoms with Crippen molar-refractivity contribution in [2.75, 3.05) is 23.3 Å². The molecule has 32 heavy (non-hydrogen) atoms.